The smallest absolute Gasteiger partial charge is 0.227 e. The molecule has 0 bridgehead atoms. The number of likely N-dealkylation sites (tertiary alicyclic amines) is 1. The van der Waals surface area contributed by atoms with Crippen LogP contribution in [0.15, 0.2) is 72.8 Å². The van der Waals surface area contributed by atoms with E-state index in [1.807, 2.05) is 0 Å². The third-order valence-corrected chi connectivity index (χ3v) is 6.63. The molecule has 1 N–H and O–H groups in total. The Morgan fingerprint density at radius 3 is 2.16 bits per heavy atom. The van der Waals surface area contributed by atoms with E-state index in [0.717, 1.165) is 44.5 Å². The number of hydrogen-bond donors (Lipinski definition) is 1. The molecule has 164 valence electrons. The number of amides is 1. The van der Waals surface area contributed by atoms with Gasteiger partial charge in [-0.2, -0.15) is 0 Å². The Hall–Kier alpha value is -3.18. The summed E-state index contributed by atoms with van der Waals surface area (Å²) < 4.78 is 19.3. The fourth-order valence-electron chi connectivity index (χ4n) is 4.83. The predicted octanol–water partition coefficient (Wildman–Crippen LogP) is 5.44. The van der Waals surface area contributed by atoms with Gasteiger partial charge in [0.25, 0.3) is 0 Å². The summed E-state index contributed by atoms with van der Waals surface area (Å²) in [4.78, 5) is 15.3. The number of anilines is 1. The molecule has 5 rings (SSSR count). The second-order valence-electron chi connectivity index (χ2n) is 8.69. The summed E-state index contributed by atoms with van der Waals surface area (Å²) in [5, 5.41) is 3.03. The lowest BCUT2D eigenvalue weighted by Gasteiger charge is -2.35. The topological polar surface area (TPSA) is 41.6 Å². The lowest BCUT2D eigenvalue weighted by atomic mass is 9.94. The van der Waals surface area contributed by atoms with Crippen molar-refractivity contribution in [1.82, 2.24) is 4.90 Å². The summed E-state index contributed by atoms with van der Waals surface area (Å²) in [6.07, 6.45) is 4.00. The molecule has 3 aromatic rings. The summed E-state index contributed by atoms with van der Waals surface area (Å²) in [5.41, 5.74) is 3.67. The number of fused-ring (bicyclic) bond motifs is 1. The standard InChI is InChI=1S/C27H27FN2O2/c28-25-7-3-4-8-26(25)32-24-11-9-22(10-12-24)29-27(31)19-13-15-30(16-14-19)23-17-20-5-1-2-6-21(20)18-23/h1-12,19,23H,13-18H2,(H,29,31). The highest BCUT2D eigenvalue weighted by atomic mass is 19.1. The maximum Gasteiger partial charge on any atom is 0.227 e. The molecule has 1 aliphatic heterocycles. The van der Waals surface area contributed by atoms with E-state index in [0.29, 0.717) is 11.8 Å². The number of rotatable bonds is 5. The fraction of sp³-hybridized carbons (Fsp3) is 0.296. The molecule has 4 nitrogen and oxygen atoms in total. The van der Waals surface area contributed by atoms with Gasteiger partial charge in [0.2, 0.25) is 5.91 Å². The van der Waals surface area contributed by atoms with Crippen LogP contribution in [0.25, 0.3) is 0 Å². The van der Waals surface area contributed by atoms with Crippen molar-refractivity contribution in [3.63, 3.8) is 0 Å². The maximum absolute atomic E-state index is 13.7. The molecule has 1 saturated heterocycles. The van der Waals surface area contributed by atoms with Crippen molar-refractivity contribution in [1.29, 1.82) is 0 Å². The molecule has 3 aromatic carbocycles. The van der Waals surface area contributed by atoms with Gasteiger partial charge in [-0.1, -0.05) is 36.4 Å². The van der Waals surface area contributed by atoms with E-state index in [9.17, 15) is 9.18 Å². The van der Waals surface area contributed by atoms with Crippen molar-refractivity contribution in [2.75, 3.05) is 18.4 Å². The first-order chi connectivity index (χ1) is 15.7. The first-order valence-electron chi connectivity index (χ1n) is 11.3. The van der Waals surface area contributed by atoms with Gasteiger partial charge in [-0.15, -0.1) is 0 Å². The van der Waals surface area contributed by atoms with E-state index in [1.54, 1.807) is 42.5 Å². The van der Waals surface area contributed by atoms with Crippen LogP contribution in [0.1, 0.15) is 24.0 Å². The Morgan fingerprint density at radius 2 is 1.50 bits per heavy atom. The van der Waals surface area contributed by atoms with Gasteiger partial charge < -0.3 is 10.1 Å². The summed E-state index contributed by atoms with van der Waals surface area (Å²) >= 11 is 0. The highest BCUT2D eigenvalue weighted by Crippen LogP contribution is 2.30. The van der Waals surface area contributed by atoms with Crippen molar-refractivity contribution < 1.29 is 13.9 Å². The van der Waals surface area contributed by atoms with Gasteiger partial charge in [0.1, 0.15) is 5.75 Å². The molecule has 1 aliphatic carbocycles. The largest absolute Gasteiger partial charge is 0.454 e. The first kappa shape index (κ1) is 20.7. The van der Waals surface area contributed by atoms with Gasteiger partial charge in [0.05, 0.1) is 0 Å². The third kappa shape index (κ3) is 4.53. The predicted molar refractivity (Wildman–Crippen MR) is 123 cm³/mol. The van der Waals surface area contributed by atoms with E-state index in [2.05, 4.69) is 34.5 Å². The highest BCUT2D eigenvalue weighted by Gasteiger charge is 2.31. The minimum atomic E-state index is -0.405. The zero-order valence-electron chi connectivity index (χ0n) is 18.0. The third-order valence-electron chi connectivity index (χ3n) is 6.63. The second-order valence-corrected chi connectivity index (χ2v) is 8.69. The van der Waals surface area contributed by atoms with Crippen LogP contribution in [0, 0.1) is 11.7 Å². The van der Waals surface area contributed by atoms with Gasteiger partial charge in [-0.05, 0) is 86.3 Å². The first-order valence-corrected chi connectivity index (χ1v) is 11.3. The monoisotopic (exact) mass is 430 g/mol. The minimum absolute atomic E-state index is 0.0318. The number of hydrogen-bond acceptors (Lipinski definition) is 3. The van der Waals surface area contributed by atoms with Crippen LogP contribution >= 0.6 is 0 Å². The van der Waals surface area contributed by atoms with Crippen molar-refractivity contribution >= 4 is 11.6 Å². The normalized spacial score (nSPS) is 17.2. The number of benzene rings is 3. The lowest BCUT2D eigenvalue weighted by Crippen LogP contribution is -2.44. The SMILES string of the molecule is O=C(Nc1ccc(Oc2ccccc2F)cc1)C1CCN(C2Cc3ccccc3C2)CC1. The van der Waals surface area contributed by atoms with Crippen molar-refractivity contribution in [2.45, 2.75) is 31.7 Å². The van der Waals surface area contributed by atoms with E-state index in [4.69, 9.17) is 4.74 Å². The number of piperidine rings is 1. The molecule has 1 fully saturated rings. The van der Waals surface area contributed by atoms with Crippen molar-refractivity contribution in [3.8, 4) is 11.5 Å². The average Bonchev–Trinajstić information content (AvgIpc) is 3.26. The van der Waals surface area contributed by atoms with Crippen LogP contribution in [0.4, 0.5) is 10.1 Å². The van der Waals surface area contributed by atoms with Crippen LogP contribution in [-0.4, -0.2) is 29.9 Å². The van der Waals surface area contributed by atoms with Gasteiger partial charge in [-0.25, -0.2) is 4.39 Å². The summed E-state index contributed by atoms with van der Waals surface area (Å²) in [6, 6.07) is 22.6. The Morgan fingerprint density at radius 1 is 0.875 bits per heavy atom. The highest BCUT2D eigenvalue weighted by molar-refractivity contribution is 5.92. The van der Waals surface area contributed by atoms with E-state index in [1.165, 1.54) is 17.2 Å². The summed E-state index contributed by atoms with van der Waals surface area (Å²) in [5.74, 6) is 0.407. The Bertz CT molecular complexity index is 1070. The van der Waals surface area contributed by atoms with Crippen LogP contribution in [-0.2, 0) is 17.6 Å². The number of nitrogens with one attached hydrogen (secondary N) is 1. The molecule has 0 radical (unpaired) electrons. The van der Waals surface area contributed by atoms with Crippen LogP contribution in [0.5, 0.6) is 11.5 Å². The quantitative estimate of drug-likeness (QED) is 0.586. The van der Waals surface area contributed by atoms with Crippen LogP contribution in [0.2, 0.25) is 0 Å². The molecular formula is C27H27FN2O2. The van der Waals surface area contributed by atoms with Gasteiger partial charge in [0, 0.05) is 17.6 Å². The van der Waals surface area contributed by atoms with Gasteiger partial charge in [-0.3, -0.25) is 9.69 Å². The second kappa shape index (κ2) is 9.13. The van der Waals surface area contributed by atoms with Crippen LogP contribution < -0.4 is 10.1 Å². The van der Waals surface area contributed by atoms with Crippen molar-refractivity contribution in [2.24, 2.45) is 5.92 Å². The molecule has 0 atom stereocenters. The minimum Gasteiger partial charge on any atom is -0.454 e. The van der Waals surface area contributed by atoms with Crippen LogP contribution in [0.3, 0.4) is 0 Å². The molecule has 0 aromatic heterocycles. The number of para-hydroxylation sites is 1. The number of carbonyl (C=O) groups excluding carboxylic acids is 1. The molecule has 0 unspecified atom stereocenters. The van der Waals surface area contributed by atoms with Gasteiger partial charge in [0.15, 0.2) is 11.6 Å². The zero-order valence-corrected chi connectivity index (χ0v) is 18.0. The van der Waals surface area contributed by atoms with E-state index >= 15 is 0 Å². The number of nitrogens with zero attached hydrogens (tertiary/aromatic N) is 1. The molecule has 1 heterocycles. The molecule has 32 heavy (non-hydrogen) atoms. The summed E-state index contributed by atoms with van der Waals surface area (Å²) in [7, 11) is 0. The Labute approximate surface area is 188 Å². The molecule has 0 spiro atoms. The average molecular weight is 431 g/mol. The zero-order chi connectivity index (χ0) is 21.9. The van der Waals surface area contributed by atoms with E-state index in [-0.39, 0.29) is 17.6 Å². The van der Waals surface area contributed by atoms with Crippen molar-refractivity contribution in [3.05, 3.63) is 89.7 Å². The summed E-state index contributed by atoms with van der Waals surface area (Å²) in [6.45, 7) is 1.93. The Balaban J connectivity index is 1.12. The fourth-order valence-corrected chi connectivity index (χ4v) is 4.83. The lowest BCUT2D eigenvalue weighted by molar-refractivity contribution is -0.121. The molecule has 1 amide bonds. The van der Waals surface area contributed by atoms with E-state index < -0.39 is 5.82 Å². The maximum atomic E-state index is 13.7. The molecule has 5 heteroatoms. The number of carbonyl (C=O) groups is 1. The number of ether oxygens (including phenoxy) is 1. The molecule has 0 saturated carbocycles. The van der Waals surface area contributed by atoms with Gasteiger partial charge >= 0.3 is 0 Å². The molecular weight excluding hydrogens is 403 g/mol. The molecule has 2 aliphatic rings. The number of halogens is 1. The Kier molecular flexibility index (Phi) is 5.91.